The molecule has 3 rings (SSSR count). The van der Waals surface area contributed by atoms with E-state index in [9.17, 15) is 5.11 Å². The van der Waals surface area contributed by atoms with E-state index < -0.39 is 6.10 Å². The van der Waals surface area contributed by atoms with Crippen molar-refractivity contribution < 1.29 is 24.1 Å². The Morgan fingerprint density at radius 3 is 2.14 bits per heavy atom. The molecule has 0 bridgehead atoms. The molecule has 0 saturated carbocycles. The molecule has 3 aromatic rings. The summed E-state index contributed by atoms with van der Waals surface area (Å²) in [6.45, 7) is 2.53. The topological polar surface area (TPSA) is 70.0 Å². The van der Waals surface area contributed by atoms with Gasteiger partial charge in [0, 0.05) is 23.3 Å². The first-order valence-corrected chi connectivity index (χ1v) is 8.61. The second kappa shape index (κ2) is 11.0. The molecule has 1 N–H and O–H groups in total. The largest absolute Gasteiger partial charge is 0.494 e. The van der Waals surface area contributed by atoms with Crippen LogP contribution in [0, 0.1) is 0 Å². The van der Waals surface area contributed by atoms with Crippen LogP contribution in [-0.2, 0) is 0 Å². The van der Waals surface area contributed by atoms with Crippen LogP contribution in [0.2, 0.25) is 0 Å². The highest BCUT2D eigenvalue weighted by atomic mass is 35.5. The minimum absolute atomic E-state index is 0. The summed E-state index contributed by atoms with van der Waals surface area (Å²) in [7, 11) is 4.63. The second-order valence-electron chi connectivity index (χ2n) is 5.91. The van der Waals surface area contributed by atoms with Gasteiger partial charge in [0.1, 0.15) is 11.9 Å². The van der Waals surface area contributed by atoms with E-state index in [4.69, 9.17) is 18.9 Å². The number of aliphatic hydroxyl groups is 1. The zero-order chi connectivity index (χ0) is 19.4. The van der Waals surface area contributed by atoms with Gasteiger partial charge in [0.05, 0.1) is 27.9 Å². The van der Waals surface area contributed by atoms with Gasteiger partial charge in [-0.3, -0.25) is 4.98 Å². The number of rotatable bonds is 7. The Hall–Kier alpha value is -2.41. The zero-order valence-corrected chi connectivity index (χ0v) is 18.3. The van der Waals surface area contributed by atoms with Gasteiger partial charge in [-0.05, 0) is 42.1 Å². The number of pyridine rings is 1. The Morgan fingerprint density at radius 2 is 1.59 bits per heavy atom. The first-order valence-electron chi connectivity index (χ1n) is 8.61. The Labute approximate surface area is 182 Å². The van der Waals surface area contributed by atoms with Crippen LogP contribution in [0.5, 0.6) is 23.0 Å². The number of halogens is 2. The number of fused-ring (bicyclic) bond motifs is 1. The van der Waals surface area contributed by atoms with Crippen LogP contribution in [0.15, 0.2) is 42.7 Å². The lowest BCUT2D eigenvalue weighted by atomic mass is 9.97. The fraction of sp³-hybridized carbons (Fsp3) is 0.286. The minimum Gasteiger partial charge on any atom is -0.494 e. The third-order valence-corrected chi connectivity index (χ3v) is 4.37. The molecule has 2 aromatic carbocycles. The molecule has 8 heteroatoms. The van der Waals surface area contributed by atoms with Crippen LogP contribution in [-0.4, -0.2) is 38.0 Å². The molecule has 0 spiro atoms. The van der Waals surface area contributed by atoms with Gasteiger partial charge in [0.15, 0.2) is 11.5 Å². The summed E-state index contributed by atoms with van der Waals surface area (Å²) in [4.78, 5) is 4.28. The van der Waals surface area contributed by atoms with Crippen molar-refractivity contribution in [3.05, 3.63) is 53.9 Å². The summed E-state index contributed by atoms with van der Waals surface area (Å²) < 4.78 is 21.7. The summed E-state index contributed by atoms with van der Waals surface area (Å²) >= 11 is 0. The monoisotopic (exact) mass is 441 g/mol. The Balaban J connectivity index is 0.00000210. The van der Waals surface area contributed by atoms with Gasteiger partial charge in [-0.25, -0.2) is 0 Å². The number of benzene rings is 2. The number of hydrogen-bond acceptors (Lipinski definition) is 6. The lowest BCUT2D eigenvalue weighted by Gasteiger charge is -2.18. The molecule has 0 saturated heterocycles. The lowest BCUT2D eigenvalue weighted by molar-refractivity contribution is 0.219. The standard InChI is InChI=1S/C21H23NO5.2ClH/c1-5-27-15-6-7-16-14(8-15)11-22-12-17(16)20(23)13-9-18(24-2)21(26-4)19(10-13)25-3;;/h6-12,20,23H,5H2,1-4H3;2*1H. The Kier molecular flexibility index (Phi) is 9.30. The van der Waals surface area contributed by atoms with E-state index in [2.05, 4.69) is 4.98 Å². The van der Waals surface area contributed by atoms with Crippen molar-refractivity contribution in [2.45, 2.75) is 13.0 Å². The third kappa shape index (κ3) is 4.96. The summed E-state index contributed by atoms with van der Waals surface area (Å²) in [6.07, 6.45) is 2.51. The van der Waals surface area contributed by atoms with Crippen LogP contribution < -0.4 is 18.9 Å². The molecule has 6 nitrogen and oxygen atoms in total. The predicted molar refractivity (Wildman–Crippen MR) is 118 cm³/mol. The van der Waals surface area contributed by atoms with Gasteiger partial charge in [-0.2, -0.15) is 0 Å². The SMILES string of the molecule is CCOc1ccc2c(C(O)c3cc(OC)c(OC)c(OC)c3)cncc2c1.Cl.Cl. The van der Waals surface area contributed by atoms with Crippen LogP contribution in [0.4, 0.5) is 0 Å². The maximum absolute atomic E-state index is 11.0. The average molecular weight is 442 g/mol. The van der Waals surface area contributed by atoms with E-state index in [1.165, 1.54) is 0 Å². The van der Waals surface area contributed by atoms with Crippen molar-refractivity contribution >= 4 is 35.6 Å². The van der Waals surface area contributed by atoms with Gasteiger partial charge < -0.3 is 24.1 Å². The number of aromatic nitrogens is 1. The van der Waals surface area contributed by atoms with Gasteiger partial charge in [0.25, 0.3) is 0 Å². The van der Waals surface area contributed by atoms with Gasteiger partial charge in [0.2, 0.25) is 5.75 Å². The zero-order valence-electron chi connectivity index (χ0n) is 16.7. The normalized spacial score (nSPS) is 11.1. The molecule has 1 atom stereocenters. The van der Waals surface area contributed by atoms with Crippen LogP contribution in [0.3, 0.4) is 0 Å². The first kappa shape index (κ1) is 24.6. The van der Waals surface area contributed by atoms with Crippen LogP contribution in [0.1, 0.15) is 24.2 Å². The highest BCUT2D eigenvalue weighted by molar-refractivity contribution is 5.87. The molecule has 29 heavy (non-hydrogen) atoms. The van der Waals surface area contributed by atoms with Gasteiger partial charge >= 0.3 is 0 Å². The highest BCUT2D eigenvalue weighted by Crippen LogP contribution is 2.41. The van der Waals surface area contributed by atoms with E-state index in [1.54, 1.807) is 45.9 Å². The van der Waals surface area contributed by atoms with E-state index in [-0.39, 0.29) is 24.8 Å². The maximum Gasteiger partial charge on any atom is 0.203 e. The summed E-state index contributed by atoms with van der Waals surface area (Å²) in [6, 6.07) is 9.20. The second-order valence-corrected chi connectivity index (χ2v) is 5.91. The fourth-order valence-corrected chi connectivity index (χ4v) is 3.09. The van der Waals surface area contributed by atoms with Crippen molar-refractivity contribution in [3.63, 3.8) is 0 Å². The van der Waals surface area contributed by atoms with Crippen molar-refractivity contribution in [1.82, 2.24) is 4.98 Å². The van der Waals surface area contributed by atoms with Gasteiger partial charge in [-0.15, -0.1) is 24.8 Å². The number of ether oxygens (including phenoxy) is 4. The van der Waals surface area contributed by atoms with Crippen molar-refractivity contribution in [1.29, 1.82) is 0 Å². The molecule has 0 radical (unpaired) electrons. The van der Waals surface area contributed by atoms with Crippen LogP contribution in [0.25, 0.3) is 10.8 Å². The van der Waals surface area contributed by atoms with E-state index in [1.807, 2.05) is 25.1 Å². The Bertz CT molecular complexity index is 926. The summed E-state index contributed by atoms with van der Waals surface area (Å²) in [5.74, 6) is 2.22. The number of hydrogen-bond donors (Lipinski definition) is 1. The molecule has 0 amide bonds. The molecule has 0 aliphatic carbocycles. The van der Waals surface area contributed by atoms with E-state index >= 15 is 0 Å². The van der Waals surface area contributed by atoms with Crippen LogP contribution >= 0.6 is 24.8 Å². The molecule has 0 aliphatic heterocycles. The van der Waals surface area contributed by atoms with Crippen molar-refractivity contribution in [3.8, 4) is 23.0 Å². The quantitative estimate of drug-likeness (QED) is 0.578. The minimum atomic E-state index is -0.909. The average Bonchev–Trinajstić information content (AvgIpc) is 2.71. The molecule has 0 fully saturated rings. The maximum atomic E-state index is 11.0. The third-order valence-electron chi connectivity index (χ3n) is 4.37. The molecule has 0 aliphatic rings. The lowest BCUT2D eigenvalue weighted by Crippen LogP contribution is -2.04. The van der Waals surface area contributed by atoms with E-state index in [0.717, 1.165) is 16.5 Å². The predicted octanol–water partition coefficient (Wildman–Crippen LogP) is 4.58. The molecular formula is C21H25Cl2NO5. The first-order chi connectivity index (χ1) is 13.1. The van der Waals surface area contributed by atoms with Crippen molar-refractivity contribution in [2.75, 3.05) is 27.9 Å². The molecule has 1 aromatic heterocycles. The number of aliphatic hydroxyl groups excluding tert-OH is 1. The molecule has 1 heterocycles. The molecule has 1 unspecified atom stereocenters. The Morgan fingerprint density at radius 1 is 0.931 bits per heavy atom. The molecule has 158 valence electrons. The fourth-order valence-electron chi connectivity index (χ4n) is 3.09. The molecular weight excluding hydrogens is 417 g/mol. The van der Waals surface area contributed by atoms with Crippen molar-refractivity contribution in [2.24, 2.45) is 0 Å². The summed E-state index contributed by atoms with van der Waals surface area (Å²) in [5, 5.41) is 12.8. The number of methoxy groups -OCH3 is 3. The summed E-state index contributed by atoms with van der Waals surface area (Å²) in [5.41, 5.74) is 1.30. The smallest absolute Gasteiger partial charge is 0.203 e. The van der Waals surface area contributed by atoms with E-state index in [0.29, 0.717) is 35.0 Å². The highest BCUT2D eigenvalue weighted by Gasteiger charge is 2.20. The number of nitrogens with zero attached hydrogens (tertiary/aromatic N) is 1. The van der Waals surface area contributed by atoms with Gasteiger partial charge in [-0.1, -0.05) is 6.07 Å².